The van der Waals surface area contributed by atoms with Gasteiger partial charge in [0.1, 0.15) is 16.7 Å². The van der Waals surface area contributed by atoms with Crippen LogP contribution in [-0.2, 0) is 17.2 Å². The molecular weight excluding hydrogens is 345 g/mol. The average Bonchev–Trinajstić information content (AvgIpc) is 2.24. The highest BCUT2D eigenvalue weighted by Gasteiger charge is 2.32. The molecule has 0 saturated heterocycles. The van der Waals surface area contributed by atoms with Crippen molar-refractivity contribution in [3.63, 3.8) is 0 Å². The lowest BCUT2D eigenvalue weighted by Gasteiger charge is -2.13. The van der Waals surface area contributed by atoms with Crippen LogP contribution in [-0.4, -0.2) is 20.2 Å². The summed E-state index contributed by atoms with van der Waals surface area (Å²) in [5.74, 6) is 0. The molecule has 1 aromatic rings. The maximum Gasteiger partial charge on any atom is 0.433 e. The van der Waals surface area contributed by atoms with Crippen LogP contribution in [0, 0.1) is 0 Å². The van der Waals surface area contributed by atoms with Gasteiger partial charge in [-0.05, 0) is 42.8 Å². The topological polar surface area (TPSA) is 42.3 Å². The van der Waals surface area contributed by atoms with Gasteiger partial charge in [0.15, 0.2) is 0 Å². The molecule has 0 spiro atoms. The van der Waals surface area contributed by atoms with E-state index in [1.54, 1.807) is 20.8 Å². The van der Waals surface area contributed by atoms with Crippen LogP contribution in [0.4, 0.5) is 13.2 Å². The number of hydrogen-bond acceptors (Lipinski definition) is 2. The molecular formula is C11H12BrF3N2OS. The molecule has 1 aromatic heterocycles. The van der Waals surface area contributed by atoms with Crippen molar-refractivity contribution in [2.45, 2.75) is 31.7 Å². The van der Waals surface area contributed by atoms with Crippen LogP contribution in [0.15, 0.2) is 21.1 Å². The fraction of sp³-hybridized carbons (Fsp3) is 0.455. The van der Waals surface area contributed by atoms with E-state index in [-0.39, 0.29) is 5.56 Å². The zero-order chi connectivity index (χ0) is 14.8. The van der Waals surface area contributed by atoms with Gasteiger partial charge in [-0.15, -0.1) is 0 Å². The summed E-state index contributed by atoms with van der Waals surface area (Å²) in [5.41, 5.74) is -0.835. The minimum absolute atomic E-state index is 0.180. The van der Waals surface area contributed by atoms with Crippen molar-refractivity contribution < 1.29 is 17.4 Å². The summed E-state index contributed by atoms with van der Waals surface area (Å²) in [6.07, 6.45) is -2.32. The van der Waals surface area contributed by atoms with Crippen LogP contribution < -0.4 is 0 Å². The van der Waals surface area contributed by atoms with Gasteiger partial charge < -0.3 is 0 Å². The Hall–Kier alpha value is -0.760. The molecule has 1 atom stereocenters. The number of alkyl halides is 3. The van der Waals surface area contributed by atoms with Gasteiger partial charge in [-0.1, -0.05) is 0 Å². The molecule has 0 aliphatic rings. The minimum atomic E-state index is -4.52. The third-order valence-electron chi connectivity index (χ3n) is 1.99. The molecule has 0 aromatic carbocycles. The number of halogens is 4. The molecule has 0 radical (unpaired) electrons. The van der Waals surface area contributed by atoms with Crippen molar-refractivity contribution in [2.24, 2.45) is 4.40 Å². The van der Waals surface area contributed by atoms with E-state index in [1.807, 2.05) is 0 Å². The highest BCUT2D eigenvalue weighted by atomic mass is 79.9. The molecule has 0 amide bonds. The second kappa shape index (κ2) is 5.70. The molecule has 1 rings (SSSR count). The first kappa shape index (κ1) is 16.3. The van der Waals surface area contributed by atoms with Crippen molar-refractivity contribution in [2.75, 3.05) is 0 Å². The molecule has 1 heterocycles. The summed E-state index contributed by atoms with van der Waals surface area (Å²) >= 11 is 3.08. The van der Waals surface area contributed by atoms with E-state index in [9.17, 15) is 17.4 Å². The van der Waals surface area contributed by atoms with Crippen molar-refractivity contribution in [3.8, 4) is 0 Å². The quantitative estimate of drug-likeness (QED) is 0.757. The molecule has 8 heteroatoms. The van der Waals surface area contributed by atoms with E-state index in [2.05, 4.69) is 25.3 Å². The van der Waals surface area contributed by atoms with Crippen LogP contribution in [0.25, 0.3) is 0 Å². The van der Waals surface area contributed by atoms with E-state index >= 15 is 0 Å². The summed E-state index contributed by atoms with van der Waals surface area (Å²) in [5, 5.41) is 0. The molecule has 0 unspecified atom stereocenters. The summed E-state index contributed by atoms with van der Waals surface area (Å²) < 4.78 is 52.8. The lowest BCUT2D eigenvalue weighted by molar-refractivity contribution is -0.141. The van der Waals surface area contributed by atoms with Gasteiger partial charge >= 0.3 is 6.18 Å². The Balaban J connectivity index is 3.08. The highest BCUT2D eigenvalue weighted by molar-refractivity contribution is 9.10. The Morgan fingerprint density at radius 3 is 2.42 bits per heavy atom. The average molecular weight is 357 g/mol. The van der Waals surface area contributed by atoms with Crippen LogP contribution in [0.5, 0.6) is 0 Å². The minimum Gasteiger partial charge on any atom is -0.251 e. The maximum atomic E-state index is 12.5. The fourth-order valence-corrected chi connectivity index (χ4v) is 1.82. The number of hydrogen-bond donors (Lipinski definition) is 0. The molecule has 0 aliphatic carbocycles. The molecule has 3 nitrogen and oxygen atoms in total. The van der Waals surface area contributed by atoms with Crippen molar-refractivity contribution in [3.05, 3.63) is 28.0 Å². The molecule has 0 saturated carbocycles. The molecule has 0 bridgehead atoms. The smallest absolute Gasteiger partial charge is 0.251 e. The van der Waals surface area contributed by atoms with E-state index < -0.39 is 27.6 Å². The zero-order valence-corrected chi connectivity index (χ0v) is 12.9. The molecule has 0 fully saturated rings. The molecule has 0 N–H and O–H groups in total. The standard InChI is InChI=1S/C11H12BrF3N2OS/c1-10(2,3)19(18)17-5-7-4-9(11(13,14)15)16-6-8(7)12/h4-6H,1-3H3/b17-5-/t19-/m1/s1. The van der Waals surface area contributed by atoms with Crippen LogP contribution in [0.3, 0.4) is 0 Å². The summed E-state index contributed by atoms with van der Waals surface area (Å²) in [7, 11) is -1.53. The first-order valence-electron chi connectivity index (χ1n) is 5.20. The van der Waals surface area contributed by atoms with E-state index in [0.717, 1.165) is 18.5 Å². The number of nitrogens with zero attached hydrogens (tertiary/aromatic N) is 2. The van der Waals surface area contributed by atoms with Crippen LogP contribution in [0.1, 0.15) is 32.0 Å². The van der Waals surface area contributed by atoms with Crippen molar-refractivity contribution >= 4 is 33.1 Å². The van der Waals surface area contributed by atoms with Gasteiger partial charge in [0.05, 0.1) is 4.75 Å². The third-order valence-corrected chi connectivity index (χ3v) is 3.99. The van der Waals surface area contributed by atoms with E-state index in [4.69, 9.17) is 0 Å². The first-order chi connectivity index (χ1) is 8.51. The van der Waals surface area contributed by atoms with Gasteiger partial charge in [-0.25, -0.2) is 4.21 Å². The second-order valence-electron chi connectivity index (χ2n) is 4.68. The summed E-state index contributed by atoms with van der Waals surface area (Å²) in [6, 6.07) is 0.855. The zero-order valence-electron chi connectivity index (χ0n) is 10.5. The SMILES string of the molecule is CC(C)(C)[S@@](=O)/N=C\c1cc(C(F)(F)F)ncc1Br. The largest absolute Gasteiger partial charge is 0.433 e. The highest BCUT2D eigenvalue weighted by Crippen LogP contribution is 2.29. The van der Waals surface area contributed by atoms with Gasteiger partial charge in [-0.3, -0.25) is 4.98 Å². The first-order valence-corrected chi connectivity index (χ1v) is 7.10. The predicted octanol–water partition coefficient (Wildman–Crippen LogP) is 3.74. The van der Waals surface area contributed by atoms with Crippen molar-refractivity contribution in [1.82, 2.24) is 4.98 Å². The number of pyridine rings is 1. The van der Waals surface area contributed by atoms with Crippen molar-refractivity contribution in [1.29, 1.82) is 0 Å². The normalized spacial score (nSPS) is 14.9. The molecule has 19 heavy (non-hydrogen) atoms. The Kier molecular flexibility index (Phi) is 4.89. The van der Waals surface area contributed by atoms with Gasteiger partial charge in [0, 0.05) is 22.4 Å². The summed E-state index contributed by atoms with van der Waals surface area (Å²) in [4.78, 5) is 3.28. The number of aromatic nitrogens is 1. The fourth-order valence-electron chi connectivity index (χ4n) is 0.971. The van der Waals surface area contributed by atoms with E-state index in [0.29, 0.717) is 4.47 Å². The summed E-state index contributed by atoms with van der Waals surface area (Å²) in [6.45, 7) is 5.18. The maximum absolute atomic E-state index is 12.5. The lowest BCUT2D eigenvalue weighted by Crippen LogP contribution is -2.19. The third kappa shape index (κ3) is 4.68. The Morgan fingerprint density at radius 1 is 1.37 bits per heavy atom. The Bertz CT molecular complexity index is 524. The predicted molar refractivity (Wildman–Crippen MR) is 72.4 cm³/mol. The van der Waals surface area contributed by atoms with Crippen LogP contribution >= 0.6 is 15.9 Å². The van der Waals surface area contributed by atoms with Gasteiger partial charge in [0.25, 0.3) is 0 Å². The van der Waals surface area contributed by atoms with Crippen LogP contribution in [0.2, 0.25) is 0 Å². The molecule has 106 valence electrons. The Labute approximate surface area is 120 Å². The lowest BCUT2D eigenvalue weighted by atomic mass is 10.2. The molecule has 0 aliphatic heterocycles. The monoisotopic (exact) mass is 356 g/mol. The Morgan fingerprint density at radius 2 is 1.95 bits per heavy atom. The second-order valence-corrected chi connectivity index (χ2v) is 7.47. The van der Waals surface area contributed by atoms with E-state index in [1.165, 1.54) is 0 Å². The van der Waals surface area contributed by atoms with Gasteiger partial charge in [-0.2, -0.15) is 17.6 Å². The number of rotatable bonds is 2. The van der Waals surface area contributed by atoms with Gasteiger partial charge in [0.2, 0.25) is 0 Å².